The van der Waals surface area contributed by atoms with Gasteiger partial charge in [0.05, 0.1) is 33.8 Å². The minimum absolute atomic E-state index is 0.197. The molecule has 280 valence electrons. The van der Waals surface area contributed by atoms with E-state index in [2.05, 4.69) is 186 Å². The first-order chi connectivity index (χ1) is 26.7. The number of pyridine rings is 1. The van der Waals surface area contributed by atoms with Crippen LogP contribution in [0.25, 0.3) is 21.8 Å². The van der Waals surface area contributed by atoms with Gasteiger partial charge in [-0.15, -0.1) is 0 Å². The first-order valence-electron chi connectivity index (χ1n) is 20.3. The van der Waals surface area contributed by atoms with Gasteiger partial charge >= 0.3 is 0 Å². The number of fused-ring (bicyclic) bond motifs is 9. The van der Waals surface area contributed by atoms with Crippen LogP contribution in [0.3, 0.4) is 0 Å². The summed E-state index contributed by atoms with van der Waals surface area (Å²) in [4.78, 5) is 10.1. The zero-order chi connectivity index (χ0) is 39.1. The lowest BCUT2D eigenvalue weighted by Gasteiger charge is -2.49. The van der Waals surface area contributed by atoms with Crippen molar-refractivity contribution in [3.8, 4) is 0 Å². The van der Waals surface area contributed by atoms with E-state index in [0.717, 1.165) is 28.2 Å². The van der Waals surface area contributed by atoms with Crippen molar-refractivity contribution in [1.82, 2.24) is 9.55 Å². The molecule has 0 amide bonds. The van der Waals surface area contributed by atoms with Gasteiger partial charge in [-0.05, 0) is 82.1 Å². The normalized spacial score (nSPS) is 17.2. The Morgan fingerprint density at radius 1 is 0.571 bits per heavy atom. The molecule has 0 saturated heterocycles. The van der Waals surface area contributed by atoms with Crippen molar-refractivity contribution < 1.29 is 0 Å². The fourth-order valence-electron chi connectivity index (χ4n) is 10.2. The maximum atomic E-state index is 9.58. The van der Waals surface area contributed by atoms with Gasteiger partial charge in [-0.3, -0.25) is 14.9 Å². The van der Waals surface area contributed by atoms with Crippen LogP contribution >= 0.6 is 0 Å². The van der Waals surface area contributed by atoms with Gasteiger partial charge in [0.1, 0.15) is 11.7 Å². The standard InChI is InChI=1S/C51H51N5/c1-30(2)31(3)26-46(52)55-41-21-12-10-16-33(41)34-28-40-45(29-43(34)55)54(42-22-13-11-17-35(42)50(40,6)7)32-23-24-36-44(27-32)56-47-37(49(36,4)5)18-14-19-38(47)51(8,9)39-20-15-25-53-48(39)56/h10-25,27-31,52H,26H2,1-9H3. The van der Waals surface area contributed by atoms with E-state index in [9.17, 15) is 5.41 Å². The van der Waals surface area contributed by atoms with Gasteiger partial charge in [-0.1, -0.05) is 129 Å². The monoisotopic (exact) mass is 733 g/mol. The topological polar surface area (TPSA) is 48.2 Å². The predicted molar refractivity (Wildman–Crippen MR) is 235 cm³/mol. The quantitative estimate of drug-likeness (QED) is 0.145. The zero-order valence-electron chi connectivity index (χ0n) is 34.1. The molecule has 7 aromatic rings. The summed E-state index contributed by atoms with van der Waals surface area (Å²) in [6.07, 6.45) is 2.65. The first-order valence-corrected chi connectivity index (χ1v) is 20.3. The highest BCUT2D eigenvalue weighted by molar-refractivity contribution is 6.15. The molecule has 3 aliphatic heterocycles. The molecule has 5 nitrogen and oxygen atoms in total. The van der Waals surface area contributed by atoms with E-state index >= 15 is 0 Å². The summed E-state index contributed by atoms with van der Waals surface area (Å²) in [7, 11) is 0. The number of benzene rings is 5. The number of nitrogens with one attached hydrogen (secondary N) is 1. The van der Waals surface area contributed by atoms with Crippen LogP contribution in [-0.4, -0.2) is 15.4 Å². The minimum atomic E-state index is -0.259. The fraction of sp³-hybridized carbons (Fsp3) is 0.294. The summed E-state index contributed by atoms with van der Waals surface area (Å²) in [6, 6.07) is 40.7. The lowest BCUT2D eigenvalue weighted by atomic mass is 9.67. The second kappa shape index (κ2) is 11.7. The summed E-state index contributed by atoms with van der Waals surface area (Å²) in [5.41, 5.74) is 15.2. The molecule has 0 aliphatic carbocycles. The van der Waals surface area contributed by atoms with Gasteiger partial charge < -0.3 is 4.90 Å². The van der Waals surface area contributed by atoms with E-state index < -0.39 is 0 Å². The summed E-state index contributed by atoms with van der Waals surface area (Å²) >= 11 is 0. The van der Waals surface area contributed by atoms with Crippen LogP contribution in [0.15, 0.2) is 115 Å². The third-order valence-electron chi connectivity index (χ3n) is 13.9. The first kappa shape index (κ1) is 34.8. The number of aromatic nitrogens is 2. The molecule has 0 spiro atoms. The van der Waals surface area contributed by atoms with Crippen molar-refractivity contribution in [2.75, 3.05) is 9.80 Å². The Hall–Kier alpha value is -5.68. The maximum Gasteiger partial charge on any atom is 0.141 e. The predicted octanol–water partition coefficient (Wildman–Crippen LogP) is 13.6. The molecule has 1 unspecified atom stereocenters. The lowest BCUT2D eigenvalue weighted by molar-refractivity contribution is 0.430. The van der Waals surface area contributed by atoms with E-state index in [1.807, 2.05) is 6.20 Å². The molecule has 5 aromatic carbocycles. The van der Waals surface area contributed by atoms with Crippen LogP contribution in [0.5, 0.6) is 0 Å². The number of rotatable bonds is 4. The van der Waals surface area contributed by atoms with E-state index in [4.69, 9.17) is 4.98 Å². The van der Waals surface area contributed by atoms with Gasteiger partial charge in [-0.2, -0.15) is 0 Å². The molecular weight excluding hydrogens is 683 g/mol. The van der Waals surface area contributed by atoms with Gasteiger partial charge in [0.15, 0.2) is 0 Å². The molecule has 0 fully saturated rings. The van der Waals surface area contributed by atoms with Crippen molar-refractivity contribution in [2.24, 2.45) is 11.8 Å². The fourth-order valence-corrected chi connectivity index (χ4v) is 10.2. The number of nitrogens with zero attached hydrogens (tertiary/aromatic N) is 4. The van der Waals surface area contributed by atoms with Crippen molar-refractivity contribution in [2.45, 2.75) is 85.0 Å². The highest BCUT2D eigenvalue weighted by atomic mass is 15.2. The molecule has 10 rings (SSSR count). The molecule has 0 radical (unpaired) electrons. The summed E-state index contributed by atoms with van der Waals surface area (Å²) < 4.78 is 2.22. The average Bonchev–Trinajstić information content (AvgIpc) is 3.50. The Kier molecular flexibility index (Phi) is 7.25. The van der Waals surface area contributed by atoms with Crippen molar-refractivity contribution in [3.63, 3.8) is 0 Å². The van der Waals surface area contributed by atoms with Gasteiger partial charge in [-0.25, -0.2) is 4.98 Å². The third kappa shape index (κ3) is 4.54. The average molecular weight is 734 g/mol. The highest BCUT2D eigenvalue weighted by Crippen LogP contribution is 2.61. The van der Waals surface area contributed by atoms with Crippen LogP contribution in [0.4, 0.5) is 34.3 Å². The molecule has 2 aromatic heterocycles. The second-order valence-corrected chi connectivity index (χ2v) is 18.5. The Morgan fingerprint density at radius 3 is 1.96 bits per heavy atom. The highest BCUT2D eigenvalue weighted by Gasteiger charge is 2.46. The molecule has 3 aliphatic rings. The Balaban J connectivity index is 1.25. The Morgan fingerprint density at radius 2 is 1.20 bits per heavy atom. The number of hydrogen-bond donors (Lipinski definition) is 1. The number of anilines is 6. The molecule has 56 heavy (non-hydrogen) atoms. The molecular formula is C51H51N5. The summed E-state index contributed by atoms with van der Waals surface area (Å²) in [5.74, 6) is 2.54. The second-order valence-electron chi connectivity index (χ2n) is 18.5. The molecule has 0 bridgehead atoms. The Labute approximate surface area is 331 Å². The van der Waals surface area contributed by atoms with Crippen LogP contribution in [0.1, 0.15) is 102 Å². The van der Waals surface area contributed by atoms with Crippen LogP contribution in [0, 0.1) is 17.2 Å². The third-order valence-corrected chi connectivity index (χ3v) is 13.9. The van der Waals surface area contributed by atoms with E-state index in [-0.39, 0.29) is 16.2 Å². The van der Waals surface area contributed by atoms with Crippen molar-refractivity contribution >= 4 is 61.9 Å². The van der Waals surface area contributed by atoms with Crippen molar-refractivity contribution in [3.05, 3.63) is 149 Å². The maximum absolute atomic E-state index is 9.58. The van der Waals surface area contributed by atoms with Crippen LogP contribution < -0.4 is 9.80 Å². The molecule has 1 N–H and O–H groups in total. The van der Waals surface area contributed by atoms with E-state index in [1.165, 1.54) is 61.2 Å². The Bertz CT molecular complexity index is 2780. The zero-order valence-corrected chi connectivity index (χ0v) is 34.1. The minimum Gasteiger partial charge on any atom is -0.310 e. The molecule has 1 atom stereocenters. The van der Waals surface area contributed by atoms with E-state index in [1.54, 1.807) is 0 Å². The van der Waals surface area contributed by atoms with Gasteiger partial charge in [0.25, 0.3) is 0 Å². The summed E-state index contributed by atoms with van der Waals surface area (Å²) in [6.45, 7) is 20.9. The van der Waals surface area contributed by atoms with Crippen LogP contribution in [0.2, 0.25) is 0 Å². The van der Waals surface area contributed by atoms with Gasteiger partial charge in [0.2, 0.25) is 0 Å². The molecule has 5 heterocycles. The number of hydrogen-bond acceptors (Lipinski definition) is 4. The SMILES string of the molecule is CC(C)C(C)CC(=N)n1c2ccccc2c2cc3c(cc21)N(c1ccc2c(c1)N1c4ncccc4C(C)(C)c4cccc(c41)C2(C)C)c1ccccc1C3(C)C. The summed E-state index contributed by atoms with van der Waals surface area (Å²) in [5, 5.41) is 12.0. The van der Waals surface area contributed by atoms with E-state index in [0.29, 0.717) is 24.1 Å². The number of para-hydroxylation sites is 3. The molecule has 5 heteroatoms. The van der Waals surface area contributed by atoms with Crippen LogP contribution in [-0.2, 0) is 16.2 Å². The largest absolute Gasteiger partial charge is 0.310 e. The lowest BCUT2D eigenvalue weighted by Crippen LogP contribution is -2.38. The van der Waals surface area contributed by atoms with Crippen molar-refractivity contribution in [1.29, 1.82) is 5.41 Å². The molecule has 0 saturated carbocycles. The smallest absolute Gasteiger partial charge is 0.141 e. The van der Waals surface area contributed by atoms with Gasteiger partial charge in [0, 0.05) is 50.9 Å².